The largest absolute Gasteiger partial charge is 0.309 e. The Bertz CT molecular complexity index is 435. The van der Waals surface area contributed by atoms with Gasteiger partial charge in [0.05, 0.1) is 0 Å². The van der Waals surface area contributed by atoms with E-state index >= 15 is 0 Å². The van der Waals surface area contributed by atoms with E-state index in [4.69, 9.17) is 0 Å². The van der Waals surface area contributed by atoms with Gasteiger partial charge in [0.15, 0.2) is 0 Å². The van der Waals surface area contributed by atoms with E-state index in [1.807, 2.05) is 0 Å². The van der Waals surface area contributed by atoms with E-state index < -0.39 is 0 Å². The zero-order valence-corrected chi connectivity index (χ0v) is 10.7. The molecule has 0 bridgehead atoms. The highest BCUT2D eigenvalue weighted by atomic mass is 14.9. The van der Waals surface area contributed by atoms with Crippen LogP contribution in [0.15, 0.2) is 48.5 Å². The van der Waals surface area contributed by atoms with Gasteiger partial charge < -0.3 is 5.32 Å². The molecule has 0 atom stereocenters. The molecule has 0 aromatic heterocycles. The van der Waals surface area contributed by atoms with Gasteiger partial charge in [-0.1, -0.05) is 48.5 Å². The number of benzene rings is 2. The molecular formula is C17H19N. The van der Waals surface area contributed by atoms with Gasteiger partial charge in [-0.2, -0.15) is 0 Å². The van der Waals surface area contributed by atoms with Gasteiger partial charge in [0, 0.05) is 13.1 Å². The summed E-state index contributed by atoms with van der Waals surface area (Å²) in [4.78, 5) is 0. The number of nitrogens with one attached hydrogen (secondary N) is 1. The topological polar surface area (TPSA) is 12.0 Å². The molecule has 0 fully saturated rings. The summed E-state index contributed by atoms with van der Waals surface area (Å²) in [5, 5.41) is 3.29. The summed E-state index contributed by atoms with van der Waals surface area (Å²) in [5.41, 5.74) is 6.05. The minimum Gasteiger partial charge on any atom is -0.309 e. The Balaban J connectivity index is 0.000000111. The van der Waals surface area contributed by atoms with E-state index in [1.54, 1.807) is 11.1 Å². The molecule has 2 aromatic rings. The zero-order valence-electron chi connectivity index (χ0n) is 10.7. The normalized spacial score (nSPS) is 15.6. The number of rotatable bonds is 0. The predicted octanol–water partition coefficient (Wildman–Crippen LogP) is 3.47. The van der Waals surface area contributed by atoms with Crippen LogP contribution in [0.3, 0.4) is 0 Å². The van der Waals surface area contributed by atoms with E-state index in [0.29, 0.717) is 0 Å². The molecule has 2 aromatic carbocycles. The van der Waals surface area contributed by atoms with E-state index in [1.165, 1.54) is 30.4 Å². The van der Waals surface area contributed by atoms with Gasteiger partial charge in [-0.25, -0.2) is 0 Å². The maximum Gasteiger partial charge on any atom is 0.0211 e. The van der Waals surface area contributed by atoms with Gasteiger partial charge in [0.1, 0.15) is 0 Å². The van der Waals surface area contributed by atoms with Crippen LogP contribution in [0.25, 0.3) is 0 Å². The second-order valence-electron chi connectivity index (χ2n) is 4.99. The second-order valence-corrected chi connectivity index (χ2v) is 4.99. The number of hydrogen-bond acceptors (Lipinski definition) is 1. The van der Waals surface area contributed by atoms with Crippen molar-refractivity contribution in [3.05, 3.63) is 70.8 Å². The molecule has 0 saturated carbocycles. The van der Waals surface area contributed by atoms with Crippen molar-refractivity contribution in [2.45, 2.75) is 32.4 Å². The van der Waals surface area contributed by atoms with Crippen molar-refractivity contribution in [2.75, 3.05) is 0 Å². The van der Waals surface area contributed by atoms with Crippen LogP contribution < -0.4 is 5.32 Å². The monoisotopic (exact) mass is 237 g/mol. The van der Waals surface area contributed by atoms with Crippen molar-refractivity contribution < 1.29 is 0 Å². The molecule has 18 heavy (non-hydrogen) atoms. The lowest BCUT2D eigenvalue weighted by Crippen LogP contribution is -1.99. The summed E-state index contributed by atoms with van der Waals surface area (Å²) in [5.74, 6) is 0. The van der Waals surface area contributed by atoms with E-state index in [-0.39, 0.29) is 0 Å². The number of aryl methyl sites for hydroxylation is 2. The summed E-state index contributed by atoms with van der Waals surface area (Å²) >= 11 is 0. The highest BCUT2D eigenvalue weighted by Gasteiger charge is 2.07. The highest BCUT2D eigenvalue weighted by molar-refractivity contribution is 5.30. The molecule has 0 unspecified atom stereocenters. The predicted molar refractivity (Wildman–Crippen MR) is 75.5 cm³/mol. The average molecular weight is 237 g/mol. The maximum absolute atomic E-state index is 3.29. The van der Waals surface area contributed by atoms with E-state index in [2.05, 4.69) is 53.8 Å². The van der Waals surface area contributed by atoms with Crippen LogP contribution in [0.1, 0.15) is 28.7 Å². The molecule has 1 heterocycles. The minimum absolute atomic E-state index is 1.05. The molecule has 4 rings (SSSR count). The summed E-state index contributed by atoms with van der Waals surface area (Å²) in [6.07, 6.45) is 3.96. The molecule has 0 amide bonds. The fourth-order valence-electron chi connectivity index (χ4n) is 2.75. The van der Waals surface area contributed by atoms with Crippen LogP contribution in [-0.4, -0.2) is 0 Å². The van der Waals surface area contributed by atoms with Crippen LogP contribution in [0.4, 0.5) is 0 Å². The maximum atomic E-state index is 3.29. The van der Waals surface area contributed by atoms with Crippen LogP contribution >= 0.6 is 0 Å². The van der Waals surface area contributed by atoms with Crippen molar-refractivity contribution >= 4 is 0 Å². The molecular weight excluding hydrogens is 218 g/mol. The third-order valence-electron chi connectivity index (χ3n) is 3.76. The highest BCUT2D eigenvalue weighted by Crippen LogP contribution is 2.20. The van der Waals surface area contributed by atoms with Gasteiger partial charge >= 0.3 is 0 Å². The Hall–Kier alpha value is -1.60. The summed E-state index contributed by atoms with van der Waals surface area (Å²) in [7, 11) is 0. The van der Waals surface area contributed by atoms with Gasteiger partial charge in [-0.05, 0) is 41.5 Å². The van der Waals surface area contributed by atoms with Gasteiger partial charge in [0.25, 0.3) is 0 Å². The lowest BCUT2D eigenvalue weighted by Gasteiger charge is -1.93. The SMILES string of the molecule is c1ccc2c(c1)CCC2.c1ccc2c(c1)CNC2. The standard InChI is InChI=1S/C9H10.C8H9N/c1-2-5-9-7-3-6-8(9)4-1;1-2-4-8-6-9-5-7(8)3-1/h1-2,4-5H,3,6-7H2;1-4,9H,5-6H2. The quantitative estimate of drug-likeness (QED) is 0.740. The first-order valence-corrected chi connectivity index (χ1v) is 6.78. The molecule has 1 heteroatoms. The zero-order chi connectivity index (χ0) is 12.2. The van der Waals surface area contributed by atoms with Crippen LogP contribution in [-0.2, 0) is 25.9 Å². The number of hydrogen-bond donors (Lipinski definition) is 1. The third kappa shape index (κ3) is 2.46. The Morgan fingerprint density at radius 3 is 1.56 bits per heavy atom. The Morgan fingerprint density at radius 1 is 0.611 bits per heavy atom. The molecule has 1 nitrogen and oxygen atoms in total. The first-order valence-electron chi connectivity index (χ1n) is 6.78. The number of fused-ring (bicyclic) bond motifs is 2. The molecule has 0 saturated heterocycles. The Labute approximate surface area is 109 Å². The fraction of sp³-hybridized carbons (Fsp3) is 0.294. The Kier molecular flexibility index (Phi) is 3.42. The first kappa shape index (κ1) is 11.5. The van der Waals surface area contributed by atoms with Crippen LogP contribution in [0.5, 0.6) is 0 Å². The third-order valence-corrected chi connectivity index (χ3v) is 3.76. The van der Waals surface area contributed by atoms with Crippen molar-refractivity contribution in [3.63, 3.8) is 0 Å². The minimum atomic E-state index is 1.05. The summed E-state index contributed by atoms with van der Waals surface area (Å²) < 4.78 is 0. The Morgan fingerprint density at radius 2 is 1.06 bits per heavy atom. The van der Waals surface area contributed by atoms with Crippen molar-refractivity contribution in [1.82, 2.24) is 5.32 Å². The molecule has 0 spiro atoms. The molecule has 1 N–H and O–H groups in total. The van der Waals surface area contributed by atoms with E-state index in [0.717, 1.165) is 13.1 Å². The molecule has 1 aliphatic heterocycles. The molecule has 92 valence electrons. The summed E-state index contributed by atoms with van der Waals surface area (Å²) in [6, 6.07) is 17.3. The molecule has 0 radical (unpaired) electrons. The fourth-order valence-corrected chi connectivity index (χ4v) is 2.75. The lowest BCUT2D eigenvalue weighted by atomic mass is 10.1. The van der Waals surface area contributed by atoms with Crippen LogP contribution in [0.2, 0.25) is 0 Å². The van der Waals surface area contributed by atoms with Crippen molar-refractivity contribution in [1.29, 1.82) is 0 Å². The van der Waals surface area contributed by atoms with Gasteiger partial charge in [0.2, 0.25) is 0 Å². The first-order chi connectivity index (χ1) is 8.93. The summed E-state index contributed by atoms with van der Waals surface area (Å²) in [6.45, 7) is 2.10. The van der Waals surface area contributed by atoms with Crippen molar-refractivity contribution in [2.24, 2.45) is 0 Å². The van der Waals surface area contributed by atoms with Gasteiger partial charge in [-0.15, -0.1) is 0 Å². The van der Waals surface area contributed by atoms with E-state index in [9.17, 15) is 0 Å². The lowest BCUT2D eigenvalue weighted by molar-refractivity contribution is 0.765. The average Bonchev–Trinajstić information content (AvgIpc) is 3.08. The second kappa shape index (κ2) is 5.36. The van der Waals surface area contributed by atoms with Crippen LogP contribution in [0, 0.1) is 0 Å². The molecule has 1 aliphatic carbocycles. The molecule has 2 aliphatic rings. The smallest absolute Gasteiger partial charge is 0.0211 e. The van der Waals surface area contributed by atoms with Crippen molar-refractivity contribution in [3.8, 4) is 0 Å². The van der Waals surface area contributed by atoms with Gasteiger partial charge in [-0.3, -0.25) is 0 Å².